The lowest BCUT2D eigenvalue weighted by atomic mass is 10.2. The van der Waals surface area contributed by atoms with Crippen LogP contribution in [-0.4, -0.2) is 12.3 Å². The van der Waals surface area contributed by atoms with Gasteiger partial charge in [0.15, 0.2) is 5.17 Å². The second-order valence-electron chi connectivity index (χ2n) is 4.15. The number of halogens is 2. The summed E-state index contributed by atoms with van der Waals surface area (Å²) in [5.41, 5.74) is 7.42. The van der Waals surface area contributed by atoms with E-state index in [4.69, 9.17) is 22.1 Å². The van der Waals surface area contributed by atoms with Crippen molar-refractivity contribution in [3.63, 3.8) is 0 Å². The topological polar surface area (TPSA) is 47.6 Å². The third-order valence-electron chi connectivity index (χ3n) is 2.71. The Balaban J connectivity index is 2.05. The van der Waals surface area contributed by atoms with Gasteiger partial charge in [0.1, 0.15) is 11.6 Å². The molecule has 0 saturated carbocycles. The average molecular weight is 325 g/mol. The van der Waals surface area contributed by atoms with Gasteiger partial charge in [-0.05, 0) is 24.3 Å². The standard InChI is InChI=1S/C15H14ClFN2OS/c1-20-14-5-3-2-4-10(14)9-21-15(18)19-11-6-7-13(17)12(16)8-11/h2-8H,9H2,1H3,(H2,18,19). The van der Waals surface area contributed by atoms with Gasteiger partial charge in [0.05, 0.1) is 17.8 Å². The van der Waals surface area contributed by atoms with Gasteiger partial charge in [-0.15, -0.1) is 0 Å². The fourth-order valence-electron chi connectivity index (χ4n) is 1.69. The predicted molar refractivity (Wildman–Crippen MR) is 87.0 cm³/mol. The minimum Gasteiger partial charge on any atom is -0.496 e. The molecule has 2 rings (SSSR count). The molecule has 21 heavy (non-hydrogen) atoms. The molecule has 0 aliphatic carbocycles. The Morgan fingerprint density at radius 3 is 2.81 bits per heavy atom. The third kappa shape index (κ3) is 4.37. The molecule has 6 heteroatoms. The molecule has 0 unspecified atom stereocenters. The molecule has 2 aromatic carbocycles. The van der Waals surface area contributed by atoms with E-state index in [2.05, 4.69) is 4.99 Å². The Morgan fingerprint density at radius 1 is 1.33 bits per heavy atom. The molecule has 0 heterocycles. The summed E-state index contributed by atoms with van der Waals surface area (Å²) < 4.78 is 18.3. The molecule has 2 aromatic rings. The van der Waals surface area contributed by atoms with E-state index in [-0.39, 0.29) is 5.02 Å². The lowest BCUT2D eigenvalue weighted by Gasteiger charge is -2.07. The fraction of sp³-hybridized carbons (Fsp3) is 0.133. The second-order valence-corrected chi connectivity index (χ2v) is 5.55. The van der Waals surface area contributed by atoms with Gasteiger partial charge in [-0.3, -0.25) is 0 Å². The zero-order chi connectivity index (χ0) is 15.2. The van der Waals surface area contributed by atoms with Gasteiger partial charge in [0.2, 0.25) is 0 Å². The van der Waals surface area contributed by atoms with E-state index in [1.54, 1.807) is 7.11 Å². The number of methoxy groups -OCH3 is 1. The van der Waals surface area contributed by atoms with Crippen molar-refractivity contribution in [1.29, 1.82) is 0 Å². The van der Waals surface area contributed by atoms with Crippen LogP contribution in [0.4, 0.5) is 10.1 Å². The van der Waals surface area contributed by atoms with E-state index < -0.39 is 5.82 Å². The van der Waals surface area contributed by atoms with E-state index in [9.17, 15) is 4.39 Å². The molecule has 0 fully saturated rings. The van der Waals surface area contributed by atoms with Crippen LogP contribution in [0.2, 0.25) is 5.02 Å². The summed E-state index contributed by atoms with van der Waals surface area (Å²) in [4.78, 5) is 4.20. The number of nitrogens with zero attached hydrogens (tertiary/aromatic N) is 1. The SMILES string of the molecule is COc1ccccc1CSC(N)=Nc1ccc(F)c(Cl)c1. The summed E-state index contributed by atoms with van der Waals surface area (Å²) in [5, 5.41) is 0.405. The average Bonchev–Trinajstić information content (AvgIpc) is 2.49. The first-order valence-electron chi connectivity index (χ1n) is 6.14. The number of rotatable bonds is 4. The van der Waals surface area contributed by atoms with E-state index >= 15 is 0 Å². The molecule has 0 spiro atoms. The van der Waals surface area contributed by atoms with Crippen molar-refractivity contribution in [3.8, 4) is 5.75 Å². The molecular weight excluding hydrogens is 311 g/mol. The van der Waals surface area contributed by atoms with E-state index in [0.29, 0.717) is 16.6 Å². The van der Waals surface area contributed by atoms with E-state index in [0.717, 1.165) is 11.3 Å². The Kier molecular flexibility index (Phi) is 5.47. The molecule has 110 valence electrons. The maximum atomic E-state index is 13.1. The van der Waals surface area contributed by atoms with Gasteiger partial charge in [0, 0.05) is 11.3 Å². The van der Waals surface area contributed by atoms with Gasteiger partial charge >= 0.3 is 0 Å². The lowest BCUT2D eigenvalue weighted by molar-refractivity contribution is 0.411. The first-order chi connectivity index (χ1) is 10.1. The van der Waals surface area contributed by atoms with Crippen molar-refractivity contribution in [3.05, 3.63) is 58.9 Å². The van der Waals surface area contributed by atoms with Gasteiger partial charge in [-0.25, -0.2) is 9.38 Å². The highest BCUT2D eigenvalue weighted by molar-refractivity contribution is 8.13. The number of hydrogen-bond donors (Lipinski definition) is 1. The minimum absolute atomic E-state index is 0.0266. The van der Waals surface area contributed by atoms with Crippen LogP contribution >= 0.6 is 23.4 Å². The summed E-state index contributed by atoms with van der Waals surface area (Å²) in [6.45, 7) is 0. The predicted octanol–water partition coefficient (Wildman–Crippen LogP) is 4.37. The number of thioether (sulfide) groups is 1. The quantitative estimate of drug-likeness (QED) is 0.671. The molecule has 0 aromatic heterocycles. The number of amidine groups is 1. The monoisotopic (exact) mass is 324 g/mol. The van der Waals surface area contributed by atoms with Crippen LogP contribution in [0, 0.1) is 5.82 Å². The molecule has 3 nitrogen and oxygen atoms in total. The number of hydrogen-bond acceptors (Lipinski definition) is 3. The minimum atomic E-state index is -0.476. The Bertz CT molecular complexity index is 664. The first kappa shape index (κ1) is 15.7. The summed E-state index contributed by atoms with van der Waals surface area (Å²) in [6.07, 6.45) is 0. The normalized spacial score (nSPS) is 11.5. The molecule has 0 amide bonds. The first-order valence-corrected chi connectivity index (χ1v) is 7.50. The Hall–Kier alpha value is -1.72. The van der Waals surface area contributed by atoms with Crippen molar-refractivity contribution in [1.82, 2.24) is 0 Å². The number of para-hydroxylation sites is 1. The maximum Gasteiger partial charge on any atom is 0.159 e. The molecule has 0 bridgehead atoms. The lowest BCUT2D eigenvalue weighted by Crippen LogP contribution is -2.06. The smallest absolute Gasteiger partial charge is 0.159 e. The van der Waals surface area contributed by atoms with Crippen LogP contribution in [0.5, 0.6) is 5.75 Å². The number of ether oxygens (including phenoxy) is 1. The number of benzene rings is 2. The Labute approximate surface area is 132 Å². The second kappa shape index (κ2) is 7.33. The molecule has 0 saturated heterocycles. The fourth-order valence-corrected chi connectivity index (χ4v) is 2.57. The van der Waals surface area contributed by atoms with Crippen molar-refractivity contribution < 1.29 is 9.13 Å². The van der Waals surface area contributed by atoms with Crippen molar-refractivity contribution in [2.75, 3.05) is 7.11 Å². The highest BCUT2D eigenvalue weighted by Gasteiger charge is 2.04. The van der Waals surface area contributed by atoms with Crippen molar-refractivity contribution in [2.24, 2.45) is 10.7 Å². The van der Waals surface area contributed by atoms with Crippen LogP contribution in [0.25, 0.3) is 0 Å². The van der Waals surface area contributed by atoms with Gasteiger partial charge < -0.3 is 10.5 Å². The number of nitrogens with two attached hydrogens (primary N) is 1. The molecular formula is C15H14ClFN2OS. The summed E-state index contributed by atoms with van der Waals surface area (Å²) in [5.74, 6) is 0.965. The highest BCUT2D eigenvalue weighted by atomic mass is 35.5. The Morgan fingerprint density at radius 2 is 2.10 bits per heavy atom. The maximum absolute atomic E-state index is 13.1. The van der Waals surface area contributed by atoms with Crippen LogP contribution in [0.3, 0.4) is 0 Å². The van der Waals surface area contributed by atoms with Crippen LogP contribution in [-0.2, 0) is 5.75 Å². The van der Waals surface area contributed by atoms with Gasteiger partial charge in [-0.1, -0.05) is 41.6 Å². The van der Waals surface area contributed by atoms with Crippen LogP contribution in [0.1, 0.15) is 5.56 Å². The van der Waals surface area contributed by atoms with Crippen molar-refractivity contribution >= 4 is 34.2 Å². The molecule has 0 aliphatic heterocycles. The zero-order valence-corrected chi connectivity index (χ0v) is 12.9. The molecule has 2 N–H and O–H groups in total. The van der Waals surface area contributed by atoms with Crippen LogP contribution in [0.15, 0.2) is 47.5 Å². The summed E-state index contributed by atoms with van der Waals surface area (Å²) >= 11 is 7.08. The number of aliphatic imine (C=N–C) groups is 1. The third-order valence-corrected chi connectivity index (χ3v) is 3.84. The molecule has 0 aliphatic rings. The van der Waals surface area contributed by atoms with Crippen molar-refractivity contribution in [2.45, 2.75) is 5.75 Å². The summed E-state index contributed by atoms with van der Waals surface area (Å²) in [6, 6.07) is 11.9. The molecule has 0 atom stereocenters. The van der Waals surface area contributed by atoms with E-state index in [1.165, 1.54) is 30.0 Å². The zero-order valence-electron chi connectivity index (χ0n) is 11.3. The summed E-state index contributed by atoms with van der Waals surface area (Å²) in [7, 11) is 1.63. The van der Waals surface area contributed by atoms with E-state index in [1.807, 2.05) is 24.3 Å². The molecule has 0 radical (unpaired) electrons. The largest absolute Gasteiger partial charge is 0.496 e. The van der Waals surface area contributed by atoms with Crippen LogP contribution < -0.4 is 10.5 Å². The highest BCUT2D eigenvalue weighted by Crippen LogP contribution is 2.25. The van der Waals surface area contributed by atoms with Gasteiger partial charge in [0.25, 0.3) is 0 Å². The van der Waals surface area contributed by atoms with Gasteiger partial charge in [-0.2, -0.15) is 0 Å².